The standard InChI is InChI=1S/C26H40O4/c1-16(2)18-13-17(14-20-22(18)30-26(9,29-20)23(3,4)5)19(27)15-21-24(6,7)11-10-12-25(21,8)28/h13-14,16,21,28H,10-12,15H2,1-9H3. The number of carbonyl (C=O) groups is 1. The Kier molecular flexibility index (Phi) is 5.59. The summed E-state index contributed by atoms with van der Waals surface area (Å²) in [5, 5.41) is 11.0. The molecule has 3 rings (SSSR count). The van der Waals surface area contributed by atoms with Gasteiger partial charge in [-0.05, 0) is 49.1 Å². The molecule has 0 bridgehead atoms. The van der Waals surface area contributed by atoms with E-state index >= 15 is 0 Å². The van der Waals surface area contributed by atoms with E-state index in [0.717, 1.165) is 30.6 Å². The van der Waals surface area contributed by atoms with E-state index in [1.807, 2.05) is 26.0 Å². The number of ether oxygens (including phenoxy) is 2. The number of aliphatic hydroxyl groups is 1. The van der Waals surface area contributed by atoms with Gasteiger partial charge in [0.15, 0.2) is 17.3 Å². The number of carbonyl (C=O) groups excluding carboxylic acids is 1. The smallest absolute Gasteiger partial charge is 0.253 e. The fraction of sp³-hybridized carbons (Fsp3) is 0.731. The van der Waals surface area contributed by atoms with Gasteiger partial charge in [0.25, 0.3) is 5.79 Å². The molecule has 0 amide bonds. The van der Waals surface area contributed by atoms with Crippen molar-refractivity contribution in [3.63, 3.8) is 0 Å². The first-order valence-corrected chi connectivity index (χ1v) is 11.4. The van der Waals surface area contributed by atoms with Gasteiger partial charge in [0, 0.05) is 29.9 Å². The maximum absolute atomic E-state index is 13.4. The summed E-state index contributed by atoms with van der Waals surface area (Å²) in [5.41, 5.74) is 0.531. The molecule has 168 valence electrons. The minimum Gasteiger partial charge on any atom is -0.448 e. The molecule has 1 aromatic carbocycles. The number of Topliss-reactive ketones (excluding diaryl/α,β-unsaturated/α-hetero) is 1. The summed E-state index contributed by atoms with van der Waals surface area (Å²) in [6, 6.07) is 3.80. The first kappa shape index (κ1) is 23.1. The van der Waals surface area contributed by atoms with Crippen LogP contribution in [-0.4, -0.2) is 22.3 Å². The molecule has 2 aliphatic rings. The van der Waals surface area contributed by atoms with Crippen LogP contribution in [0.3, 0.4) is 0 Å². The monoisotopic (exact) mass is 416 g/mol. The van der Waals surface area contributed by atoms with Crippen molar-refractivity contribution in [1.82, 2.24) is 0 Å². The topological polar surface area (TPSA) is 55.8 Å². The zero-order valence-corrected chi connectivity index (χ0v) is 20.3. The van der Waals surface area contributed by atoms with Crippen LogP contribution in [0.15, 0.2) is 12.1 Å². The van der Waals surface area contributed by atoms with Crippen LogP contribution in [-0.2, 0) is 0 Å². The highest BCUT2D eigenvalue weighted by Crippen LogP contribution is 2.51. The third-order valence-corrected chi connectivity index (χ3v) is 7.58. The van der Waals surface area contributed by atoms with E-state index in [9.17, 15) is 9.90 Å². The van der Waals surface area contributed by atoms with E-state index < -0.39 is 11.4 Å². The van der Waals surface area contributed by atoms with Crippen LogP contribution in [0.25, 0.3) is 0 Å². The Morgan fingerprint density at radius 1 is 1.13 bits per heavy atom. The maximum atomic E-state index is 13.4. The maximum Gasteiger partial charge on any atom is 0.253 e. The van der Waals surface area contributed by atoms with Crippen molar-refractivity contribution in [3.8, 4) is 11.5 Å². The second-order valence-corrected chi connectivity index (χ2v) is 11.8. The van der Waals surface area contributed by atoms with Gasteiger partial charge in [0.1, 0.15) is 0 Å². The van der Waals surface area contributed by atoms with E-state index in [4.69, 9.17) is 9.47 Å². The van der Waals surface area contributed by atoms with Crippen molar-refractivity contribution in [2.75, 3.05) is 0 Å². The van der Waals surface area contributed by atoms with E-state index in [1.165, 1.54) is 0 Å². The van der Waals surface area contributed by atoms with Gasteiger partial charge in [-0.25, -0.2) is 0 Å². The van der Waals surface area contributed by atoms with E-state index in [2.05, 4.69) is 48.5 Å². The molecule has 0 spiro atoms. The van der Waals surface area contributed by atoms with Crippen LogP contribution in [0, 0.1) is 16.7 Å². The summed E-state index contributed by atoms with van der Waals surface area (Å²) < 4.78 is 12.6. The molecule has 1 N–H and O–H groups in total. The molecule has 0 radical (unpaired) electrons. The molecule has 1 aliphatic carbocycles. The van der Waals surface area contributed by atoms with Crippen molar-refractivity contribution in [1.29, 1.82) is 0 Å². The van der Waals surface area contributed by atoms with Gasteiger partial charge in [0.2, 0.25) is 0 Å². The summed E-state index contributed by atoms with van der Waals surface area (Å²) in [6.07, 6.45) is 3.12. The predicted molar refractivity (Wildman–Crippen MR) is 120 cm³/mol. The lowest BCUT2D eigenvalue weighted by Gasteiger charge is -2.47. The van der Waals surface area contributed by atoms with Gasteiger partial charge in [-0.3, -0.25) is 4.79 Å². The average Bonchev–Trinajstić information content (AvgIpc) is 2.93. The van der Waals surface area contributed by atoms with E-state index in [-0.39, 0.29) is 28.4 Å². The highest BCUT2D eigenvalue weighted by atomic mass is 16.7. The van der Waals surface area contributed by atoms with Crippen LogP contribution in [0.2, 0.25) is 0 Å². The lowest BCUT2D eigenvalue weighted by Crippen LogP contribution is -2.47. The Hall–Kier alpha value is -1.55. The molecule has 0 aromatic heterocycles. The fourth-order valence-electron chi connectivity index (χ4n) is 5.02. The van der Waals surface area contributed by atoms with E-state index in [0.29, 0.717) is 17.7 Å². The molecule has 30 heavy (non-hydrogen) atoms. The number of rotatable bonds is 4. The Balaban J connectivity index is 1.96. The van der Waals surface area contributed by atoms with Crippen molar-refractivity contribution >= 4 is 5.78 Å². The number of fused-ring (bicyclic) bond motifs is 1. The molecule has 4 nitrogen and oxygen atoms in total. The summed E-state index contributed by atoms with van der Waals surface area (Å²) in [6.45, 7) is 18.7. The van der Waals surface area contributed by atoms with Crippen molar-refractivity contribution in [2.45, 2.75) is 105 Å². The van der Waals surface area contributed by atoms with Crippen LogP contribution < -0.4 is 9.47 Å². The number of hydrogen-bond donors (Lipinski definition) is 1. The molecular formula is C26H40O4. The molecule has 0 saturated heterocycles. The molecule has 4 heteroatoms. The number of benzene rings is 1. The van der Waals surface area contributed by atoms with E-state index in [1.54, 1.807) is 0 Å². The highest BCUT2D eigenvalue weighted by Gasteiger charge is 2.49. The van der Waals surface area contributed by atoms with Crippen LogP contribution in [0.4, 0.5) is 0 Å². The summed E-state index contributed by atoms with van der Waals surface area (Å²) >= 11 is 0. The minimum atomic E-state index is -0.820. The van der Waals surface area contributed by atoms with Gasteiger partial charge in [-0.2, -0.15) is 0 Å². The minimum absolute atomic E-state index is 0.0629. The number of hydrogen-bond acceptors (Lipinski definition) is 4. The Labute approximate surface area is 182 Å². The summed E-state index contributed by atoms with van der Waals surface area (Å²) in [4.78, 5) is 13.4. The summed E-state index contributed by atoms with van der Waals surface area (Å²) in [7, 11) is 0. The predicted octanol–water partition coefficient (Wildman–Crippen LogP) is 6.49. The molecule has 1 fully saturated rings. The first-order chi connectivity index (χ1) is 13.6. The van der Waals surface area contributed by atoms with Crippen LogP contribution in [0.1, 0.15) is 110 Å². The van der Waals surface area contributed by atoms with Gasteiger partial charge in [0.05, 0.1) is 5.60 Å². The van der Waals surface area contributed by atoms with Crippen molar-refractivity contribution in [2.24, 2.45) is 16.7 Å². The zero-order valence-electron chi connectivity index (χ0n) is 20.3. The molecule has 1 saturated carbocycles. The molecular weight excluding hydrogens is 376 g/mol. The third-order valence-electron chi connectivity index (χ3n) is 7.58. The lowest BCUT2D eigenvalue weighted by molar-refractivity contribution is -0.143. The SMILES string of the molecule is CC(C)c1cc(C(=O)CC2C(C)(C)CCCC2(C)O)cc2c1OC(C)(C(C)(C)C)O2. The third kappa shape index (κ3) is 4.00. The van der Waals surface area contributed by atoms with Gasteiger partial charge >= 0.3 is 0 Å². The molecule has 3 atom stereocenters. The van der Waals surface area contributed by atoms with Gasteiger partial charge in [-0.15, -0.1) is 0 Å². The Morgan fingerprint density at radius 2 is 1.77 bits per heavy atom. The molecule has 3 unspecified atom stereocenters. The molecule has 1 aromatic rings. The van der Waals surface area contributed by atoms with Gasteiger partial charge < -0.3 is 14.6 Å². The average molecular weight is 417 g/mol. The molecule has 1 aliphatic heterocycles. The van der Waals surface area contributed by atoms with Crippen molar-refractivity contribution < 1.29 is 19.4 Å². The lowest BCUT2D eigenvalue weighted by atomic mass is 9.60. The normalized spacial score (nSPS) is 30.6. The second-order valence-electron chi connectivity index (χ2n) is 11.8. The first-order valence-electron chi connectivity index (χ1n) is 11.4. The Bertz CT molecular complexity index is 812. The van der Waals surface area contributed by atoms with Gasteiger partial charge in [-0.1, -0.05) is 54.9 Å². The van der Waals surface area contributed by atoms with Crippen LogP contribution in [0.5, 0.6) is 11.5 Å². The Morgan fingerprint density at radius 3 is 2.30 bits per heavy atom. The quantitative estimate of drug-likeness (QED) is 0.570. The fourth-order valence-corrected chi connectivity index (χ4v) is 5.02. The zero-order chi connectivity index (χ0) is 22.7. The second kappa shape index (κ2) is 7.25. The summed E-state index contributed by atoms with van der Waals surface area (Å²) in [5.74, 6) is 0.814. The largest absolute Gasteiger partial charge is 0.448 e. The molecule has 1 heterocycles. The van der Waals surface area contributed by atoms with Crippen molar-refractivity contribution in [3.05, 3.63) is 23.3 Å². The number of ketones is 1. The highest BCUT2D eigenvalue weighted by molar-refractivity contribution is 5.97. The van der Waals surface area contributed by atoms with Crippen LogP contribution >= 0.6 is 0 Å².